The van der Waals surface area contributed by atoms with E-state index in [1.54, 1.807) is 0 Å². The molecule has 0 aliphatic rings. The molecule has 0 aromatic heterocycles. The topological polar surface area (TPSA) is 26.3 Å². The zero-order chi connectivity index (χ0) is 12.2. The normalized spacial score (nSPS) is 12.4. The Morgan fingerprint density at radius 1 is 1.06 bits per heavy atom. The molecule has 0 heterocycles. The van der Waals surface area contributed by atoms with Gasteiger partial charge in [0.2, 0.25) is 0 Å². The van der Waals surface area contributed by atoms with Crippen LogP contribution in [-0.2, 0) is 9.53 Å². The highest BCUT2D eigenvalue weighted by Crippen LogP contribution is 2.14. The molecule has 0 aliphatic carbocycles. The van der Waals surface area contributed by atoms with Crippen LogP contribution in [0.3, 0.4) is 0 Å². The molecular formula is C14H28O2. The van der Waals surface area contributed by atoms with Gasteiger partial charge in [0.1, 0.15) is 0 Å². The lowest BCUT2D eigenvalue weighted by atomic mass is 10.00. The van der Waals surface area contributed by atoms with Gasteiger partial charge in [0, 0.05) is 6.42 Å². The third kappa shape index (κ3) is 10.0. The van der Waals surface area contributed by atoms with Crippen LogP contribution in [0.5, 0.6) is 0 Å². The summed E-state index contributed by atoms with van der Waals surface area (Å²) < 4.78 is 4.60. The van der Waals surface area contributed by atoms with Crippen LogP contribution in [0, 0.1) is 5.92 Å². The predicted octanol–water partition coefficient (Wildman–Crippen LogP) is 4.33. The van der Waals surface area contributed by atoms with E-state index in [4.69, 9.17) is 0 Å². The first kappa shape index (κ1) is 15.5. The highest BCUT2D eigenvalue weighted by atomic mass is 16.5. The second-order valence-corrected chi connectivity index (χ2v) is 4.75. The van der Waals surface area contributed by atoms with Crippen molar-refractivity contribution >= 4 is 5.97 Å². The van der Waals surface area contributed by atoms with E-state index in [-0.39, 0.29) is 5.97 Å². The van der Waals surface area contributed by atoms with Gasteiger partial charge in [-0.05, 0) is 12.3 Å². The van der Waals surface area contributed by atoms with Gasteiger partial charge in [-0.15, -0.1) is 0 Å². The molecule has 0 unspecified atom stereocenters. The fourth-order valence-corrected chi connectivity index (χ4v) is 1.78. The number of unbranched alkanes of at least 4 members (excludes halogenated alkanes) is 5. The van der Waals surface area contributed by atoms with Crippen LogP contribution >= 0.6 is 0 Å². The van der Waals surface area contributed by atoms with E-state index in [0.717, 1.165) is 12.3 Å². The van der Waals surface area contributed by atoms with Crippen LogP contribution in [0.4, 0.5) is 0 Å². The number of methoxy groups -OCH3 is 1. The molecule has 16 heavy (non-hydrogen) atoms. The van der Waals surface area contributed by atoms with Gasteiger partial charge in [0.05, 0.1) is 7.11 Å². The number of carbonyl (C=O) groups excluding carboxylic acids is 1. The molecule has 0 spiro atoms. The van der Waals surface area contributed by atoms with Gasteiger partial charge in [-0.25, -0.2) is 0 Å². The Hall–Kier alpha value is -0.530. The maximum atomic E-state index is 10.8. The van der Waals surface area contributed by atoms with Gasteiger partial charge in [-0.3, -0.25) is 4.79 Å². The molecule has 0 bridgehead atoms. The van der Waals surface area contributed by atoms with E-state index in [9.17, 15) is 4.79 Å². The average molecular weight is 228 g/mol. The van der Waals surface area contributed by atoms with Crippen molar-refractivity contribution in [2.24, 2.45) is 5.92 Å². The molecule has 0 aromatic rings. The van der Waals surface area contributed by atoms with Gasteiger partial charge < -0.3 is 4.74 Å². The zero-order valence-corrected chi connectivity index (χ0v) is 11.3. The molecule has 0 saturated heterocycles. The molecule has 0 N–H and O–H groups in total. The van der Waals surface area contributed by atoms with Crippen molar-refractivity contribution in [2.75, 3.05) is 7.11 Å². The lowest BCUT2D eigenvalue weighted by molar-refractivity contribution is -0.140. The monoisotopic (exact) mass is 228 g/mol. The molecule has 2 nitrogen and oxygen atoms in total. The number of rotatable bonds is 10. The fourth-order valence-electron chi connectivity index (χ4n) is 1.78. The molecule has 96 valence electrons. The van der Waals surface area contributed by atoms with Crippen LogP contribution < -0.4 is 0 Å². The minimum atomic E-state index is -0.0724. The maximum Gasteiger partial charge on any atom is 0.305 e. The van der Waals surface area contributed by atoms with Crippen LogP contribution in [-0.4, -0.2) is 13.1 Å². The lowest BCUT2D eigenvalue weighted by Gasteiger charge is -2.07. The van der Waals surface area contributed by atoms with Gasteiger partial charge in [0.15, 0.2) is 0 Å². The highest BCUT2D eigenvalue weighted by molar-refractivity contribution is 5.68. The summed E-state index contributed by atoms with van der Waals surface area (Å²) in [6.07, 6.45) is 10.7. The largest absolute Gasteiger partial charge is 0.469 e. The Balaban J connectivity index is 3.07. The summed E-state index contributed by atoms with van der Waals surface area (Å²) in [6.45, 7) is 4.59. The van der Waals surface area contributed by atoms with E-state index in [2.05, 4.69) is 18.6 Å². The quantitative estimate of drug-likeness (QED) is 0.411. The second-order valence-electron chi connectivity index (χ2n) is 4.75. The number of carbonyl (C=O) groups is 1. The summed E-state index contributed by atoms with van der Waals surface area (Å²) in [5.41, 5.74) is 0. The van der Waals surface area contributed by atoms with E-state index in [1.807, 2.05) is 0 Å². The van der Waals surface area contributed by atoms with Crippen LogP contribution in [0.15, 0.2) is 0 Å². The molecule has 0 fully saturated rings. The molecule has 0 rings (SSSR count). The number of ether oxygens (including phenoxy) is 1. The minimum absolute atomic E-state index is 0.0724. The van der Waals surface area contributed by atoms with Crippen LogP contribution in [0.25, 0.3) is 0 Å². The minimum Gasteiger partial charge on any atom is -0.469 e. The SMILES string of the molecule is CC[C@@H](C)CCCCCCCCC(=O)OC. The van der Waals surface area contributed by atoms with Gasteiger partial charge >= 0.3 is 5.97 Å². The molecule has 0 amide bonds. The van der Waals surface area contributed by atoms with Crippen molar-refractivity contribution in [1.82, 2.24) is 0 Å². The summed E-state index contributed by atoms with van der Waals surface area (Å²) in [7, 11) is 1.46. The third-order valence-electron chi connectivity index (χ3n) is 3.25. The predicted molar refractivity (Wildman–Crippen MR) is 68.4 cm³/mol. The van der Waals surface area contributed by atoms with Crippen molar-refractivity contribution in [2.45, 2.75) is 71.6 Å². The smallest absolute Gasteiger partial charge is 0.305 e. The van der Waals surface area contributed by atoms with E-state index >= 15 is 0 Å². The van der Waals surface area contributed by atoms with E-state index in [0.29, 0.717) is 6.42 Å². The molecule has 0 aliphatic heterocycles. The molecule has 1 atom stereocenters. The van der Waals surface area contributed by atoms with E-state index in [1.165, 1.54) is 52.1 Å². The summed E-state index contributed by atoms with van der Waals surface area (Å²) in [6, 6.07) is 0. The average Bonchev–Trinajstić information content (AvgIpc) is 2.31. The molecule has 0 aromatic carbocycles. The van der Waals surface area contributed by atoms with Crippen molar-refractivity contribution in [1.29, 1.82) is 0 Å². The molecule has 2 heteroatoms. The van der Waals surface area contributed by atoms with Crippen LogP contribution in [0.1, 0.15) is 71.6 Å². The first-order valence-electron chi connectivity index (χ1n) is 6.77. The van der Waals surface area contributed by atoms with Gasteiger partial charge in [-0.2, -0.15) is 0 Å². The lowest BCUT2D eigenvalue weighted by Crippen LogP contribution is -1.99. The maximum absolute atomic E-state index is 10.8. The third-order valence-corrected chi connectivity index (χ3v) is 3.25. The molecular weight excluding hydrogens is 200 g/mol. The summed E-state index contributed by atoms with van der Waals surface area (Å²) >= 11 is 0. The van der Waals surface area contributed by atoms with Crippen LogP contribution in [0.2, 0.25) is 0 Å². The van der Waals surface area contributed by atoms with Gasteiger partial charge in [-0.1, -0.05) is 58.8 Å². The summed E-state index contributed by atoms with van der Waals surface area (Å²) in [4.78, 5) is 10.8. The van der Waals surface area contributed by atoms with E-state index < -0.39 is 0 Å². The molecule has 0 saturated carbocycles. The van der Waals surface area contributed by atoms with Crippen molar-refractivity contribution in [3.05, 3.63) is 0 Å². The zero-order valence-electron chi connectivity index (χ0n) is 11.3. The molecule has 0 radical (unpaired) electrons. The number of esters is 1. The Morgan fingerprint density at radius 3 is 2.19 bits per heavy atom. The fraction of sp³-hybridized carbons (Fsp3) is 0.929. The Morgan fingerprint density at radius 2 is 1.62 bits per heavy atom. The summed E-state index contributed by atoms with van der Waals surface area (Å²) in [5, 5.41) is 0. The highest BCUT2D eigenvalue weighted by Gasteiger charge is 2.00. The first-order valence-corrected chi connectivity index (χ1v) is 6.77. The first-order chi connectivity index (χ1) is 7.70. The standard InChI is InChI=1S/C14H28O2/c1-4-13(2)11-9-7-5-6-8-10-12-14(15)16-3/h13H,4-12H2,1-3H3/t13-/m1/s1. The van der Waals surface area contributed by atoms with Gasteiger partial charge in [0.25, 0.3) is 0 Å². The van der Waals surface area contributed by atoms with Crippen molar-refractivity contribution in [3.8, 4) is 0 Å². The van der Waals surface area contributed by atoms with Crippen molar-refractivity contribution in [3.63, 3.8) is 0 Å². The summed E-state index contributed by atoms with van der Waals surface area (Å²) in [5.74, 6) is 0.816. The van der Waals surface area contributed by atoms with Crippen molar-refractivity contribution < 1.29 is 9.53 Å². The number of hydrogen-bond donors (Lipinski definition) is 0. The Kier molecular flexibility index (Phi) is 10.6. The number of hydrogen-bond acceptors (Lipinski definition) is 2. The second kappa shape index (κ2) is 11.0. The Labute approximate surface area is 101 Å². The Bertz CT molecular complexity index is 166.